The topological polar surface area (TPSA) is 88.2 Å². The third-order valence-corrected chi connectivity index (χ3v) is 3.20. The number of carbonyl (C=O) groups is 1. The lowest BCUT2D eigenvalue weighted by Gasteiger charge is -2.04. The molecule has 0 fully saturated rings. The van der Waals surface area contributed by atoms with Gasteiger partial charge in [-0.05, 0) is 29.8 Å². The number of hydrogen-bond donors (Lipinski definition) is 2. The van der Waals surface area contributed by atoms with Crippen molar-refractivity contribution in [2.24, 2.45) is 0 Å². The van der Waals surface area contributed by atoms with E-state index >= 15 is 0 Å². The molecule has 0 bridgehead atoms. The molecule has 0 saturated carbocycles. The second kappa shape index (κ2) is 6.36. The fraction of sp³-hybridized carbons (Fsp3) is 0.188. The summed E-state index contributed by atoms with van der Waals surface area (Å²) in [6, 6.07) is 10.7. The summed E-state index contributed by atoms with van der Waals surface area (Å²) in [5.41, 5.74) is 2.48. The molecule has 0 aliphatic heterocycles. The Morgan fingerprint density at radius 1 is 1.27 bits per heavy atom. The third kappa shape index (κ3) is 3.12. The van der Waals surface area contributed by atoms with Crippen molar-refractivity contribution in [2.45, 2.75) is 13.0 Å². The molecule has 0 aliphatic rings. The van der Waals surface area contributed by atoms with Crippen molar-refractivity contribution in [3.63, 3.8) is 0 Å². The first-order valence-corrected chi connectivity index (χ1v) is 6.94. The number of benzene rings is 1. The van der Waals surface area contributed by atoms with Gasteiger partial charge in [-0.3, -0.25) is 9.78 Å². The fourth-order valence-electron chi connectivity index (χ4n) is 2.10. The number of nitrogens with zero attached hydrogens (tertiary/aromatic N) is 2. The molecule has 22 heavy (non-hydrogen) atoms. The van der Waals surface area contributed by atoms with Crippen LogP contribution in [0, 0.1) is 0 Å². The Labute approximate surface area is 126 Å². The molecule has 112 valence electrons. The zero-order chi connectivity index (χ0) is 15.4. The smallest absolute Gasteiger partial charge is 0.269 e. The number of oxazole rings is 1. The first kappa shape index (κ1) is 14.2. The molecule has 1 aromatic carbocycles. The van der Waals surface area contributed by atoms with E-state index < -0.39 is 0 Å². The van der Waals surface area contributed by atoms with Crippen molar-refractivity contribution in [3.8, 4) is 0 Å². The van der Waals surface area contributed by atoms with Crippen LogP contribution in [0.25, 0.3) is 11.1 Å². The SMILES string of the molecule is O=C(NCCc1nc2ccccc2o1)c1cc(CO)ccn1. The van der Waals surface area contributed by atoms with Gasteiger partial charge >= 0.3 is 0 Å². The lowest BCUT2D eigenvalue weighted by molar-refractivity contribution is 0.0948. The van der Waals surface area contributed by atoms with Crippen molar-refractivity contribution in [1.82, 2.24) is 15.3 Å². The van der Waals surface area contributed by atoms with E-state index in [1.54, 1.807) is 12.1 Å². The van der Waals surface area contributed by atoms with Gasteiger partial charge in [0.25, 0.3) is 5.91 Å². The van der Waals surface area contributed by atoms with Gasteiger partial charge in [-0.1, -0.05) is 12.1 Å². The molecule has 0 aliphatic carbocycles. The van der Waals surface area contributed by atoms with Crippen molar-refractivity contribution in [2.75, 3.05) is 6.54 Å². The van der Waals surface area contributed by atoms with Gasteiger partial charge in [0.1, 0.15) is 11.2 Å². The molecular formula is C16H15N3O3. The summed E-state index contributed by atoms with van der Waals surface area (Å²) in [5.74, 6) is 0.296. The van der Waals surface area contributed by atoms with E-state index in [2.05, 4.69) is 15.3 Å². The maximum absolute atomic E-state index is 12.0. The van der Waals surface area contributed by atoms with Crippen molar-refractivity contribution >= 4 is 17.0 Å². The normalized spacial score (nSPS) is 10.8. The Bertz CT molecular complexity index is 765. The highest BCUT2D eigenvalue weighted by Gasteiger charge is 2.09. The molecule has 2 N–H and O–H groups in total. The Hall–Kier alpha value is -2.73. The molecule has 6 nitrogen and oxygen atoms in total. The second-order valence-electron chi connectivity index (χ2n) is 4.79. The van der Waals surface area contributed by atoms with E-state index in [4.69, 9.17) is 9.52 Å². The van der Waals surface area contributed by atoms with E-state index in [0.29, 0.717) is 24.4 Å². The van der Waals surface area contributed by atoms with Gasteiger partial charge in [0.15, 0.2) is 11.5 Å². The summed E-state index contributed by atoms with van der Waals surface area (Å²) in [6.07, 6.45) is 2.00. The number of fused-ring (bicyclic) bond motifs is 1. The summed E-state index contributed by atoms with van der Waals surface area (Å²) in [4.78, 5) is 20.3. The van der Waals surface area contributed by atoms with Gasteiger partial charge in [0.2, 0.25) is 0 Å². The first-order chi connectivity index (χ1) is 10.8. The molecule has 3 aromatic rings. The number of aliphatic hydroxyl groups is 1. The predicted octanol–water partition coefficient (Wildman–Crippen LogP) is 1.69. The minimum atomic E-state index is -0.286. The van der Waals surface area contributed by atoms with Crippen LogP contribution in [0.2, 0.25) is 0 Å². The minimum Gasteiger partial charge on any atom is -0.441 e. The molecule has 3 rings (SSSR count). The molecule has 2 heterocycles. The minimum absolute atomic E-state index is 0.119. The molecule has 0 unspecified atom stereocenters. The Kier molecular flexibility index (Phi) is 4.11. The van der Waals surface area contributed by atoms with E-state index in [1.807, 2.05) is 24.3 Å². The molecule has 0 atom stereocenters. The van der Waals surface area contributed by atoms with Crippen LogP contribution >= 0.6 is 0 Å². The van der Waals surface area contributed by atoms with Gasteiger partial charge < -0.3 is 14.8 Å². The second-order valence-corrected chi connectivity index (χ2v) is 4.79. The highest BCUT2D eigenvalue weighted by molar-refractivity contribution is 5.92. The average Bonchev–Trinajstić information content (AvgIpc) is 2.97. The van der Waals surface area contributed by atoms with Crippen LogP contribution in [0.3, 0.4) is 0 Å². The third-order valence-electron chi connectivity index (χ3n) is 3.20. The van der Waals surface area contributed by atoms with Gasteiger partial charge in [0.05, 0.1) is 6.61 Å². The van der Waals surface area contributed by atoms with E-state index in [1.165, 1.54) is 6.20 Å². The monoisotopic (exact) mass is 297 g/mol. The number of carbonyl (C=O) groups excluding carboxylic acids is 1. The molecule has 1 amide bonds. The average molecular weight is 297 g/mol. The van der Waals surface area contributed by atoms with Gasteiger partial charge in [0, 0.05) is 19.2 Å². The fourth-order valence-corrected chi connectivity index (χ4v) is 2.10. The number of pyridine rings is 1. The summed E-state index contributed by atoms with van der Waals surface area (Å²) in [6.45, 7) is 0.280. The largest absolute Gasteiger partial charge is 0.441 e. The number of para-hydroxylation sites is 2. The van der Waals surface area contributed by atoms with Crippen molar-refractivity contribution in [1.29, 1.82) is 0 Å². The molecular weight excluding hydrogens is 282 g/mol. The summed E-state index contributed by atoms with van der Waals surface area (Å²) < 4.78 is 5.58. The number of nitrogens with one attached hydrogen (secondary N) is 1. The van der Waals surface area contributed by atoms with Crippen LogP contribution in [0.1, 0.15) is 21.9 Å². The first-order valence-electron chi connectivity index (χ1n) is 6.94. The lowest BCUT2D eigenvalue weighted by atomic mass is 10.2. The molecule has 6 heteroatoms. The molecule has 0 radical (unpaired) electrons. The van der Waals surface area contributed by atoms with Crippen molar-refractivity contribution < 1.29 is 14.3 Å². The number of amides is 1. The zero-order valence-electron chi connectivity index (χ0n) is 11.8. The maximum atomic E-state index is 12.0. The van der Waals surface area contributed by atoms with Crippen LogP contribution < -0.4 is 5.32 Å². The quantitative estimate of drug-likeness (QED) is 0.748. The van der Waals surface area contributed by atoms with E-state index in [0.717, 1.165) is 11.1 Å². The summed E-state index contributed by atoms with van der Waals surface area (Å²) >= 11 is 0. The van der Waals surface area contributed by atoms with E-state index in [-0.39, 0.29) is 18.2 Å². The van der Waals surface area contributed by atoms with Crippen molar-refractivity contribution in [3.05, 3.63) is 59.7 Å². The van der Waals surface area contributed by atoms with Crippen LogP contribution in [-0.2, 0) is 13.0 Å². The molecule has 2 aromatic heterocycles. The number of rotatable bonds is 5. The van der Waals surface area contributed by atoms with Crippen LogP contribution in [-0.4, -0.2) is 27.5 Å². The van der Waals surface area contributed by atoms with Gasteiger partial charge in [-0.15, -0.1) is 0 Å². The molecule has 0 saturated heterocycles. The van der Waals surface area contributed by atoms with Gasteiger partial charge in [-0.2, -0.15) is 0 Å². The summed E-state index contributed by atoms with van der Waals surface area (Å²) in [5, 5.41) is 11.8. The maximum Gasteiger partial charge on any atom is 0.269 e. The summed E-state index contributed by atoms with van der Waals surface area (Å²) in [7, 11) is 0. The zero-order valence-corrected chi connectivity index (χ0v) is 11.8. The van der Waals surface area contributed by atoms with Crippen LogP contribution in [0.5, 0.6) is 0 Å². The molecule has 0 spiro atoms. The Morgan fingerprint density at radius 3 is 2.95 bits per heavy atom. The predicted molar refractivity (Wildman–Crippen MR) is 80.2 cm³/mol. The lowest BCUT2D eigenvalue weighted by Crippen LogP contribution is -2.26. The number of aromatic nitrogens is 2. The van der Waals surface area contributed by atoms with Gasteiger partial charge in [-0.25, -0.2) is 4.98 Å². The van der Waals surface area contributed by atoms with E-state index in [9.17, 15) is 4.79 Å². The standard InChI is InChI=1S/C16H15N3O3/c20-10-11-5-7-17-13(9-11)16(21)18-8-6-15-19-12-3-1-2-4-14(12)22-15/h1-5,7,9,20H,6,8,10H2,(H,18,21). The van der Waals surface area contributed by atoms with Crippen LogP contribution in [0.4, 0.5) is 0 Å². The Morgan fingerprint density at radius 2 is 2.14 bits per heavy atom. The van der Waals surface area contributed by atoms with Crippen LogP contribution in [0.15, 0.2) is 47.0 Å². The highest BCUT2D eigenvalue weighted by atomic mass is 16.3. The highest BCUT2D eigenvalue weighted by Crippen LogP contribution is 2.14. The number of aliphatic hydroxyl groups excluding tert-OH is 1. The Balaban J connectivity index is 1.59. The number of hydrogen-bond acceptors (Lipinski definition) is 5.